The molecule has 152 valence electrons. The molecule has 1 saturated heterocycles. The Bertz CT molecular complexity index is 1220. The molecule has 0 bridgehead atoms. The molecule has 6 nitrogen and oxygen atoms in total. The summed E-state index contributed by atoms with van der Waals surface area (Å²) in [7, 11) is 0. The van der Waals surface area contributed by atoms with Crippen LogP contribution in [0.5, 0.6) is 0 Å². The van der Waals surface area contributed by atoms with Crippen LogP contribution in [0, 0.1) is 13.8 Å². The highest BCUT2D eigenvalue weighted by atomic mass is 16.2. The Morgan fingerprint density at radius 3 is 2.50 bits per heavy atom. The van der Waals surface area contributed by atoms with E-state index in [-0.39, 0.29) is 5.57 Å². The minimum Gasteiger partial charge on any atom is -0.347 e. The molecule has 1 aromatic heterocycles. The fourth-order valence-corrected chi connectivity index (χ4v) is 3.73. The molecule has 0 radical (unpaired) electrons. The number of benzene rings is 2. The number of barbiturate groups is 1. The van der Waals surface area contributed by atoms with Crippen molar-refractivity contribution in [2.45, 2.75) is 33.7 Å². The normalized spacial score (nSPS) is 15.9. The molecule has 2 heterocycles. The van der Waals surface area contributed by atoms with Gasteiger partial charge in [0.2, 0.25) is 0 Å². The van der Waals surface area contributed by atoms with Crippen molar-refractivity contribution in [3.63, 3.8) is 0 Å². The molecule has 0 saturated carbocycles. The van der Waals surface area contributed by atoms with Gasteiger partial charge in [0.1, 0.15) is 5.57 Å². The largest absolute Gasteiger partial charge is 0.347 e. The van der Waals surface area contributed by atoms with Crippen LogP contribution in [0.2, 0.25) is 0 Å². The van der Waals surface area contributed by atoms with E-state index in [1.807, 2.05) is 50.4 Å². The number of fused-ring (bicyclic) bond motifs is 1. The quantitative estimate of drug-likeness (QED) is 0.522. The van der Waals surface area contributed by atoms with Crippen molar-refractivity contribution in [3.8, 4) is 0 Å². The van der Waals surface area contributed by atoms with Crippen LogP contribution in [0.1, 0.15) is 30.0 Å². The first-order chi connectivity index (χ1) is 14.4. The van der Waals surface area contributed by atoms with Crippen molar-refractivity contribution in [3.05, 3.63) is 70.9 Å². The summed E-state index contributed by atoms with van der Waals surface area (Å²) in [6.45, 7) is 6.79. The van der Waals surface area contributed by atoms with Gasteiger partial charge in [0.25, 0.3) is 11.8 Å². The van der Waals surface area contributed by atoms with E-state index in [1.54, 1.807) is 18.2 Å². The number of aromatic nitrogens is 1. The second-order valence-electron chi connectivity index (χ2n) is 7.52. The molecule has 1 aliphatic rings. The zero-order chi connectivity index (χ0) is 21.4. The predicted octanol–water partition coefficient (Wildman–Crippen LogP) is 4.33. The zero-order valence-electron chi connectivity index (χ0n) is 17.2. The monoisotopic (exact) mass is 401 g/mol. The Kier molecular flexibility index (Phi) is 4.99. The average molecular weight is 401 g/mol. The number of nitrogens with zero attached hydrogens (tertiary/aromatic N) is 2. The van der Waals surface area contributed by atoms with Gasteiger partial charge in [0, 0.05) is 29.2 Å². The summed E-state index contributed by atoms with van der Waals surface area (Å²) in [4.78, 5) is 39.2. The number of amides is 4. The summed E-state index contributed by atoms with van der Waals surface area (Å²) in [6.07, 6.45) is 4.48. The first-order valence-electron chi connectivity index (χ1n) is 9.97. The topological polar surface area (TPSA) is 71.4 Å². The lowest BCUT2D eigenvalue weighted by atomic mass is 10.0. The van der Waals surface area contributed by atoms with Gasteiger partial charge in [0.05, 0.1) is 5.69 Å². The Balaban J connectivity index is 1.80. The van der Waals surface area contributed by atoms with Crippen LogP contribution < -0.4 is 10.2 Å². The molecular formula is C24H23N3O3. The molecule has 1 aliphatic heterocycles. The van der Waals surface area contributed by atoms with Gasteiger partial charge in [-0.3, -0.25) is 14.9 Å². The highest BCUT2D eigenvalue weighted by Crippen LogP contribution is 2.27. The van der Waals surface area contributed by atoms with Crippen LogP contribution in [-0.4, -0.2) is 22.4 Å². The number of nitrogens with one attached hydrogen (secondary N) is 1. The molecule has 1 fully saturated rings. The molecule has 0 spiro atoms. The van der Waals surface area contributed by atoms with Gasteiger partial charge in [0.15, 0.2) is 0 Å². The van der Waals surface area contributed by atoms with E-state index in [0.717, 1.165) is 45.5 Å². The molecule has 0 unspecified atom stereocenters. The maximum atomic E-state index is 13.2. The van der Waals surface area contributed by atoms with Crippen molar-refractivity contribution >= 4 is 40.5 Å². The summed E-state index contributed by atoms with van der Waals surface area (Å²) in [5, 5.41) is 3.25. The van der Waals surface area contributed by atoms with E-state index in [0.29, 0.717) is 5.69 Å². The van der Waals surface area contributed by atoms with Crippen molar-refractivity contribution < 1.29 is 14.4 Å². The van der Waals surface area contributed by atoms with Crippen LogP contribution in [0.4, 0.5) is 10.5 Å². The fourth-order valence-electron chi connectivity index (χ4n) is 3.73. The zero-order valence-corrected chi connectivity index (χ0v) is 17.2. The molecule has 1 N–H and O–H groups in total. The first kappa shape index (κ1) is 19.6. The van der Waals surface area contributed by atoms with Crippen molar-refractivity contribution in [2.75, 3.05) is 4.90 Å². The summed E-state index contributed by atoms with van der Waals surface area (Å²) in [6, 6.07) is 12.5. The lowest BCUT2D eigenvalue weighted by Gasteiger charge is -2.26. The Hall–Kier alpha value is -3.67. The predicted molar refractivity (Wildman–Crippen MR) is 117 cm³/mol. The van der Waals surface area contributed by atoms with Gasteiger partial charge in [-0.2, -0.15) is 0 Å². The van der Waals surface area contributed by atoms with Gasteiger partial charge < -0.3 is 4.57 Å². The molecule has 6 heteroatoms. The molecule has 0 atom stereocenters. The Labute approximate surface area is 174 Å². The third kappa shape index (κ3) is 3.30. The van der Waals surface area contributed by atoms with E-state index < -0.39 is 17.8 Å². The number of carbonyl (C=O) groups is 3. The van der Waals surface area contributed by atoms with Crippen molar-refractivity contribution in [1.29, 1.82) is 0 Å². The highest BCUT2D eigenvalue weighted by molar-refractivity contribution is 6.39. The number of carbonyl (C=O) groups excluding carboxylic acids is 3. The summed E-state index contributed by atoms with van der Waals surface area (Å²) in [5.41, 5.74) is 4.20. The number of urea groups is 1. The molecule has 4 amide bonds. The van der Waals surface area contributed by atoms with Crippen molar-refractivity contribution in [2.24, 2.45) is 0 Å². The number of aryl methyl sites for hydroxylation is 3. The Morgan fingerprint density at radius 1 is 1.00 bits per heavy atom. The second kappa shape index (κ2) is 7.63. The van der Waals surface area contributed by atoms with Gasteiger partial charge >= 0.3 is 6.03 Å². The summed E-state index contributed by atoms with van der Waals surface area (Å²) < 4.78 is 2.11. The number of rotatable bonds is 4. The third-order valence-corrected chi connectivity index (χ3v) is 5.43. The minimum absolute atomic E-state index is 0.0628. The van der Waals surface area contributed by atoms with Crippen LogP contribution in [-0.2, 0) is 16.1 Å². The summed E-state index contributed by atoms with van der Waals surface area (Å²) >= 11 is 0. The van der Waals surface area contributed by atoms with Gasteiger partial charge in [-0.05, 0) is 55.7 Å². The minimum atomic E-state index is -0.737. The van der Waals surface area contributed by atoms with Gasteiger partial charge in [-0.25, -0.2) is 9.69 Å². The van der Waals surface area contributed by atoms with Crippen LogP contribution >= 0.6 is 0 Å². The standard InChI is InChI=1S/C24H23N3O3/c1-4-11-26-14-17(19-7-5-6-8-21(19)26)13-20-22(28)25-24(30)27(23(20)29)18-10-9-15(2)16(3)12-18/h5-10,12-14H,4,11H2,1-3H3,(H,25,28,30)/b20-13-. The SMILES string of the molecule is CCCn1cc(/C=C2/C(=O)NC(=O)N(c3ccc(C)c(C)c3)C2=O)c2ccccc21. The average Bonchev–Trinajstić information content (AvgIpc) is 3.06. The summed E-state index contributed by atoms with van der Waals surface area (Å²) in [5.74, 6) is -1.31. The highest BCUT2D eigenvalue weighted by Gasteiger charge is 2.37. The van der Waals surface area contributed by atoms with E-state index in [2.05, 4.69) is 16.8 Å². The smallest absolute Gasteiger partial charge is 0.335 e. The lowest BCUT2D eigenvalue weighted by molar-refractivity contribution is -0.122. The van der Waals surface area contributed by atoms with Crippen LogP contribution in [0.3, 0.4) is 0 Å². The maximum absolute atomic E-state index is 13.2. The van der Waals surface area contributed by atoms with Crippen LogP contribution in [0.15, 0.2) is 54.2 Å². The second-order valence-corrected chi connectivity index (χ2v) is 7.52. The van der Waals surface area contributed by atoms with E-state index in [1.165, 1.54) is 0 Å². The number of hydrogen-bond acceptors (Lipinski definition) is 3. The molecule has 0 aliphatic carbocycles. The van der Waals surface area contributed by atoms with E-state index >= 15 is 0 Å². The van der Waals surface area contributed by atoms with Gasteiger partial charge in [-0.15, -0.1) is 0 Å². The maximum Gasteiger partial charge on any atom is 0.335 e. The van der Waals surface area contributed by atoms with Crippen LogP contribution in [0.25, 0.3) is 17.0 Å². The molecule has 30 heavy (non-hydrogen) atoms. The first-order valence-corrected chi connectivity index (χ1v) is 9.97. The van der Waals surface area contributed by atoms with Crippen molar-refractivity contribution in [1.82, 2.24) is 9.88 Å². The third-order valence-electron chi connectivity index (χ3n) is 5.43. The molecule has 4 rings (SSSR count). The van der Waals surface area contributed by atoms with E-state index in [9.17, 15) is 14.4 Å². The number of hydrogen-bond donors (Lipinski definition) is 1. The molecular weight excluding hydrogens is 378 g/mol. The number of para-hydroxylation sites is 1. The number of imide groups is 2. The Morgan fingerprint density at radius 2 is 1.77 bits per heavy atom. The number of anilines is 1. The lowest BCUT2D eigenvalue weighted by Crippen LogP contribution is -2.54. The molecule has 3 aromatic rings. The van der Waals surface area contributed by atoms with Gasteiger partial charge in [-0.1, -0.05) is 31.2 Å². The fraction of sp³-hybridized carbons (Fsp3) is 0.208. The molecule has 2 aromatic carbocycles. The van der Waals surface area contributed by atoms with E-state index in [4.69, 9.17) is 0 Å².